The molecule has 3 nitrogen and oxygen atoms in total. The Labute approximate surface area is 140 Å². The summed E-state index contributed by atoms with van der Waals surface area (Å²) in [5.41, 5.74) is 3.01. The highest BCUT2D eigenvalue weighted by Gasteiger charge is 2.44. The standard InChI is InChI=1S/C19H21F2N3/c1-13-3-2-4-15(22-13)10-23-11-16-8-17(12-23)24(16)9-14-5-6-18(20)19(21)7-14/h2-7,16-17H,8-12H2,1H3. The molecule has 126 valence electrons. The Balaban J connectivity index is 1.37. The van der Waals surface area contributed by atoms with Crippen LogP contribution in [0.25, 0.3) is 0 Å². The number of aromatic nitrogens is 1. The molecule has 2 aromatic rings. The fourth-order valence-electron chi connectivity index (χ4n) is 3.93. The number of nitrogens with zero attached hydrogens (tertiary/aromatic N) is 3. The summed E-state index contributed by atoms with van der Waals surface area (Å²) in [6.07, 6.45) is 1.20. The lowest BCUT2D eigenvalue weighted by atomic mass is 9.86. The lowest BCUT2D eigenvalue weighted by Crippen LogP contribution is -2.67. The third-order valence-corrected chi connectivity index (χ3v) is 5.10. The Morgan fingerprint density at radius 1 is 1.04 bits per heavy atom. The maximum atomic E-state index is 13.4. The molecule has 0 saturated carbocycles. The van der Waals surface area contributed by atoms with Crippen LogP contribution in [0.5, 0.6) is 0 Å². The van der Waals surface area contributed by atoms with E-state index in [1.165, 1.54) is 18.6 Å². The first-order valence-corrected chi connectivity index (χ1v) is 8.43. The smallest absolute Gasteiger partial charge is 0.159 e. The molecule has 1 aromatic heterocycles. The molecule has 0 aliphatic carbocycles. The van der Waals surface area contributed by atoms with Gasteiger partial charge >= 0.3 is 0 Å². The Bertz CT molecular complexity index is 737. The molecule has 0 N–H and O–H groups in total. The van der Waals surface area contributed by atoms with Crippen LogP contribution >= 0.6 is 0 Å². The zero-order chi connectivity index (χ0) is 16.7. The number of hydrogen-bond donors (Lipinski definition) is 0. The predicted molar refractivity (Wildman–Crippen MR) is 88.3 cm³/mol. The van der Waals surface area contributed by atoms with Gasteiger partial charge in [0.15, 0.2) is 11.6 Å². The summed E-state index contributed by atoms with van der Waals surface area (Å²) in [5, 5.41) is 0. The van der Waals surface area contributed by atoms with E-state index in [0.29, 0.717) is 18.6 Å². The first kappa shape index (κ1) is 15.7. The summed E-state index contributed by atoms with van der Waals surface area (Å²) in [6.45, 7) is 5.61. The van der Waals surface area contributed by atoms with Gasteiger partial charge in [0, 0.05) is 44.0 Å². The van der Waals surface area contributed by atoms with E-state index in [1.54, 1.807) is 6.07 Å². The minimum absolute atomic E-state index is 0.502. The van der Waals surface area contributed by atoms with Gasteiger partial charge in [-0.15, -0.1) is 0 Å². The highest BCUT2D eigenvalue weighted by molar-refractivity contribution is 5.19. The van der Waals surface area contributed by atoms with Gasteiger partial charge in [-0.3, -0.25) is 14.8 Å². The summed E-state index contributed by atoms with van der Waals surface area (Å²) in [6, 6.07) is 11.4. The quantitative estimate of drug-likeness (QED) is 0.859. The molecule has 0 amide bonds. The first-order valence-electron chi connectivity index (χ1n) is 8.43. The lowest BCUT2D eigenvalue weighted by molar-refractivity contribution is -0.0777. The molecule has 2 unspecified atom stereocenters. The number of pyridine rings is 1. The van der Waals surface area contributed by atoms with Crippen LogP contribution in [0.15, 0.2) is 36.4 Å². The molecule has 1 aromatic carbocycles. The van der Waals surface area contributed by atoms with Crippen molar-refractivity contribution in [3.8, 4) is 0 Å². The molecule has 3 saturated heterocycles. The van der Waals surface area contributed by atoms with Crippen LogP contribution in [0.4, 0.5) is 8.78 Å². The third-order valence-electron chi connectivity index (χ3n) is 5.10. The summed E-state index contributed by atoms with van der Waals surface area (Å²) < 4.78 is 26.4. The van der Waals surface area contributed by atoms with E-state index in [1.807, 2.05) is 13.0 Å². The topological polar surface area (TPSA) is 19.4 Å². The summed E-state index contributed by atoms with van der Waals surface area (Å²) in [5.74, 6) is -1.54. The van der Waals surface area contributed by atoms with E-state index >= 15 is 0 Å². The fourth-order valence-corrected chi connectivity index (χ4v) is 3.93. The van der Waals surface area contributed by atoms with E-state index in [9.17, 15) is 8.78 Å². The van der Waals surface area contributed by atoms with Crippen LogP contribution in [-0.2, 0) is 13.1 Å². The molecule has 4 heterocycles. The van der Waals surface area contributed by atoms with Gasteiger partial charge in [-0.05, 0) is 43.2 Å². The van der Waals surface area contributed by atoms with E-state index in [0.717, 1.165) is 36.6 Å². The van der Waals surface area contributed by atoms with Crippen molar-refractivity contribution >= 4 is 0 Å². The second-order valence-corrected chi connectivity index (χ2v) is 6.93. The maximum Gasteiger partial charge on any atom is 0.159 e. The van der Waals surface area contributed by atoms with Crippen molar-refractivity contribution in [3.05, 3.63) is 65.0 Å². The predicted octanol–water partition coefficient (Wildman–Crippen LogP) is 3.13. The van der Waals surface area contributed by atoms with Crippen LogP contribution in [0, 0.1) is 18.6 Å². The van der Waals surface area contributed by atoms with Crippen LogP contribution in [0.3, 0.4) is 0 Å². The zero-order valence-corrected chi connectivity index (χ0v) is 13.8. The zero-order valence-electron chi connectivity index (χ0n) is 13.8. The number of hydrogen-bond acceptors (Lipinski definition) is 3. The van der Waals surface area contributed by atoms with E-state index in [4.69, 9.17) is 0 Å². The van der Waals surface area contributed by atoms with E-state index < -0.39 is 11.6 Å². The largest absolute Gasteiger partial charge is 0.294 e. The van der Waals surface area contributed by atoms with Crippen molar-refractivity contribution in [1.82, 2.24) is 14.8 Å². The van der Waals surface area contributed by atoms with Crippen molar-refractivity contribution in [2.24, 2.45) is 0 Å². The van der Waals surface area contributed by atoms with Crippen molar-refractivity contribution in [1.29, 1.82) is 0 Å². The Kier molecular flexibility index (Phi) is 4.06. The van der Waals surface area contributed by atoms with Gasteiger partial charge in [-0.25, -0.2) is 8.78 Å². The van der Waals surface area contributed by atoms with E-state index in [-0.39, 0.29) is 0 Å². The summed E-state index contributed by atoms with van der Waals surface area (Å²) in [7, 11) is 0. The van der Waals surface area contributed by atoms with Gasteiger partial charge in [0.2, 0.25) is 0 Å². The van der Waals surface area contributed by atoms with Crippen molar-refractivity contribution in [3.63, 3.8) is 0 Å². The normalized spacial score (nSPS) is 24.0. The van der Waals surface area contributed by atoms with Gasteiger partial charge in [0.25, 0.3) is 0 Å². The van der Waals surface area contributed by atoms with Crippen LogP contribution in [0.1, 0.15) is 23.4 Å². The molecule has 0 radical (unpaired) electrons. The minimum atomic E-state index is -0.778. The molecule has 5 rings (SSSR count). The third kappa shape index (κ3) is 3.06. The second-order valence-electron chi connectivity index (χ2n) is 6.93. The molecule has 3 aliphatic heterocycles. The molecule has 24 heavy (non-hydrogen) atoms. The number of piperazine rings is 1. The molecular weight excluding hydrogens is 308 g/mol. The summed E-state index contributed by atoms with van der Waals surface area (Å²) in [4.78, 5) is 9.44. The van der Waals surface area contributed by atoms with Gasteiger partial charge in [0.1, 0.15) is 0 Å². The van der Waals surface area contributed by atoms with Crippen molar-refractivity contribution in [2.75, 3.05) is 13.1 Å². The molecular formula is C19H21F2N3. The van der Waals surface area contributed by atoms with Crippen LogP contribution in [0.2, 0.25) is 0 Å². The average Bonchev–Trinajstić information content (AvgIpc) is 2.56. The first-order chi connectivity index (χ1) is 11.6. The Hall–Kier alpha value is -1.85. The Morgan fingerprint density at radius 3 is 2.54 bits per heavy atom. The van der Waals surface area contributed by atoms with E-state index in [2.05, 4.69) is 26.9 Å². The highest BCUT2D eigenvalue weighted by atomic mass is 19.2. The molecule has 3 aliphatic rings. The van der Waals surface area contributed by atoms with Crippen molar-refractivity contribution in [2.45, 2.75) is 38.5 Å². The monoisotopic (exact) mass is 329 g/mol. The second kappa shape index (κ2) is 6.22. The lowest BCUT2D eigenvalue weighted by Gasteiger charge is -2.56. The number of piperidine rings is 1. The SMILES string of the molecule is Cc1cccc(CN2CC3CC(C2)N3Cc2ccc(F)c(F)c2)n1. The fraction of sp³-hybridized carbons (Fsp3) is 0.421. The van der Waals surface area contributed by atoms with Crippen molar-refractivity contribution < 1.29 is 8.78 Å². The Morgan fingerprint density at radius 2 is 1.83 bits per heavy atom. The van der Waals surface area contributed by atoms with Gasteiger partial charge in [0.05, 0.1) is 5.69 Å². The number of halogens is 2. The molecule has 0 spiro atoms. The van der Waals surface area contributed by atoms with Crippen LogP contribution < -0.4 is 0 Å². The minimum Gasteiger partial charge on any atom is -0.294 e. The molecule has 2 bridgehead atoms. The van der Waals surface area contributed by atoms with Gasteiger partial charge < -0.3 is 0 Å². The molecule has 3 fully saturated rings. The van der Waals surface area contributed by atoms with Crippen LogP contribution in [-0.4, -0.2) is 40.0 Å². The number of benzene rings is 1. The molecule has 2 atom stereocenters. The number of aryl methyl sites for hydroxylation is 1. The highest BCUT2D eigenvalue weighted by Crippen LogP contribution is 2.34. The maximum absolute atomic E-state index is 13.4. The average molecular weight is 329 g/mol. The molecule has 5 heteroatoms. The van der Waals surface area contributed by atoms with Gasteiger partial charge in [-0.1, -0.05) is 12.1 Å². The number of fused-ring (bicyclic) bond motifs is 2. The summed E-state index contributed by atoms with van der Waals surface area (Å²) >= 11 is 0. The number of rotatable bonds is 4. The van der Waals surface area contributed by atoms with Gasteiger partial charge in [-0.2, -0.15) is 0 Å².